The minimum Gasteiger partial charge on any atom is -0.370 e. The average molecular weight is 313 g/mol. The third kappa shape index (κ3) is 2.85. The molecule has 0 N–H and O–H groups in total. The monoisotopic (exact) mass is 313 g/mol. The Morgan fingerprint density at radius 2 is 1.70 bits per heavy atom. The summed E-state index contributed by atoms with van der Waals surface area (Å²) in [7, 11) is 0. The first kappa shape index (κ1) is 15.7. The summed E-state index contributed by atoms with van der Waals surface area (Å²) in [4.78, 5) is 0. The maximum atomic E-state index is 5.77. The van der Waals surface area contributed by atoms with Crippen LogP contribution in [0.5, 0.6) is 0 Å². The van der Waals surface area contributed by atoms with Gasteiger partial charge in [0.05, 0.1) is 13.2 Å². The summed E-state index contributed by atoms with van der Waals surface area (Å²) in [6.07, 6.45) is 11.4. The van der Waals surface area contributed by atoms with Crippen molar-refractivity contribution in [3.05, 3.63) is 42.0 Å². The van der Waals surface area contributed by atoms with Crippen LogP contribution in [0, 0.1) is 12.0 Å². The predicted octanol–water partition coefficient (Wildman–Crippen LogP) is 5.33. The Hall–Kier alpha value is -0.860. The van der Waals surface area contributed by atoms with E-state index in [0.29, 0.717) is 24.0 Å². The normalized spacial score (nSPS) is 37.0. The van der Waals surface area contributed by atoms with Gasteiger partial charge in [-0.2, -0.15) is 0 Å². The zero-order chi connectivity index (χ0) is 15.8. The van der Waals surface area contributed by atoms with Gasteiger partial charge in [-0.15, -0.1) is 0 Å². The summed E-state index contributed by atoms with van der Waals surface area (Å²) >= 11 is 0. The number of rotatable bonds is 4. The van der Waals surface area contributed by atoms with Gasteiger partial charge in [0.15, 0.2) is 0 Å². The highest BCUT2D eigenvalue weighted by Gasteiger charge is 2.48. The van der Waals surface area contributed by atoms with E-state index in [1.165, 1.54) is 56.9 Å². The Morgan fingerprint density at radius 3 is 2.26 bits per heavy atom. The Balaban J connectivity index is 1.48. The number of hydrogen-bond donors (Lipinski definition) is 0. The minimum absolute atomic E-state index is 0.0986. The summed E-state index contributed by atoms with van der Waals surface area (Å²) < 4.78 is 11.2. The van der Waals surface area contributed by atoms with Crippen LogP contribution in [0.1, 0.15) is 75.5 Å². The molecule has 4 fully saturated rings. The van der Waals surface area contributed by atoms with Crippen molar-refractivity contribution in [3.63, 3.8) is 0 Å². The topological polar surface area (TPSA) is 18.5 Å². The van der Waals surface area contributed by atoms with Crippen LogP contribution in [0.3, 0.4) is 0 Å². The highest BCUT2D eigenvalue weighted by atomic mass is 16.6. The maximum Gasteiger partial charge on any atom is 0.109 e. The lowest BCUT2D eigenvalue weighted by Crippen LogP contribution is -2.44. The fourth-order valence-corrected chi connectivity index (χ4v) is 5.25. The van der Waals surface area contributed by atoms with Crippen molar-refractivity contribution in [3.8, 4) is 0 Å². The molecule has 1 aromatic carbocycles. The molecule has 1 radical (unpaired) electrons. The second kappa shape index (κ2) is 6.22. The Morgan fingerprint density at radius 1 is 1.00 bits per heavy atom. The standard InChI is InChI=1S/C21H29O2/c1-2-7-20-8-11-21(12-9-20,13-10-20)18-5-3-17(4-6-18)19-16-22-14-15-23-19/h3-6,14,19H,2,7-13,15-16H2,1H3. The Bertz CT molecular complexity index is 503. The van der Waals surface area contributed by atoms with Crippen LogP contribution >= 0.6 is 0 Å². The molecule has 0 spiro atoms. The second-order valence-electron chi connectivity index (χ2n) is 7.97. The summed E-state index contributed by atoms with van der Waals surface area (Å²) in [6, 6.07) is 9.28. The van der Waals surface area contributed by atoms with Gasteiger partial charge >= 0.3 is 0 Å². The zero-order valence-corrected chi connectivity index (χ0v) is 14.4. The van der Waals surface area contributed by atoms with Crippen molar-refractivity contribution >= 4 is 0 Å². The first-order valence-corrected chi connectivity index (χ1v) is 9.41. The molecule has 0 amide bonds. The van der Waals surface area contributed by atoms with Crippen molar-refractivity contribution < 1.29 is 9.47 Å². The van der Waals surface area contributed by atoms with E-state index in [1.54, 1.807) is 12.2 Å². The lowest BCUT2D eigenvalue weighted by molar-refractivity contribution is -0.0578. The van der Waals surface area contributed by atoms with Crippen molar-refractivity contribution in [2.45, 2.75) is 69.8 Å². The molecule has 1 saturated heterocycles. The van der Waals surface area contributed by atoms with E-state index in [0.717, 1.165) is 0 Å². The molecule has 5 rings (SSSR count). The van der Waals surface area contributed by atoms with Crippen molar-refractivity contribution in [2.75, 3.05) is 13.2 Å². The average Bonchev–Trinajstić information content (AvgIpc) is 2.64. The molecule has 2 bridgehead atoms. The van der Waals surface area contributed by atoms with Gasteiger partial charge in [-0.1, -0.05) is 37.6 Å². The van der Waals surface area contributed by atoms with Gasteiger partial charge in [0.25, 0.3) is 0 Å². The molecule has 1 aliphatic heterocycles. The number of hydrogen-bond acceptors (Lipinski definition) is 2. The van der Waals surface area contributed by atoms with Gasteiger partial charge in [-0.3, -0.25) is 0 Å². The Kier molecular flexibility index (Phi) is 4.23. The van der Waals surface area contributed by atoms with Crippen molar-refractivity contribution in [1.82, 2.24) is 0 Å². The van der Waals surface area contributed by atoms with Crippen LogP contribution in [0.25, 0.3) is 0 Å². The minimum atomic E-state index is 0.0986. The number of ether oxygens (including phenoxy) is 2. The molecule has 1 unspecified atom stereocenters. The third-order valence-corrected chi connectivity index (χ3v) is 6.81. The SMILES string of the molecule is CCCC12CCC(c3ccc(C4CO[CH]CO4)cc3)(CC1)CC2. The summed E-state index contributed by atoms with van der Waals surface area (Å²) in [5.41, 5.74) is 3.98. The molecular weight excluding hydrogens is 284 g/mol. The molecule has 125 valence electrons. The molecule has 1 aromatic rings. The largest absolute Gasteiger partial charge is 0.370 e. The van der Waals surface area contributed by atoms with E-state index in [-0.39, 0.29) is 6.10 Å². The molecule has 3 saturated carbocycles. The van der Waals surface area contributed by atoms with E-state index in [9.17, 15) is 0 Å². The van der Waals surface area contributed by atoms with Gasteiger partial charge in [0, 0.05) is 0 Å². The Labute approximate surface area is 140 Å². The van der Waals surface area contributed by atoms with Crippen LogP contribution < -0.4 is 0 Å². The molecule has 2 nitrogen and oxygen atoms in total. The van der Waals surface area contributed by atoms with E-state index in [2.05, 4.69) is 31.2 Å². The highest BCUT2D eigenvalue weighted by molar-refractivity contribution is 5.32. The van der Waals surface area contributed by atoms with Crippen LogP contribution in [0.2, 0.25) is 0 Å². The van der Waals surface area contributed by atoms with E-state index in [4.69, 9.17) is 9.47 Å². The fourth-order valence-electron chi connectivity index (χ4n) is 5.25. The van der Waals surface area contributed by atoms with Crippen molar-refractivity contribution in [2.24, 2.45) is 5.41 Å². The summed E-state index contributed by atoms with van der Waals surface area (Å²) in [6.45, 7) is 5.33. The van der Waals surface area contributed by atoms with E-state index < -0.39 is 0 Å². The second-order valence-corrected chi connectivity index (χ2v) is 7.97. The molecule has 3 aliphatic carbocycles. The van der Waals surface area contributed by atoms with E-state index in [1.807, 2.05) is 0 Å². The molecule has 0 aromatic heterocycles. The quantitative estimate of drug-likeness (QED) is 0.748. The highest BCUT2D eigenvalue weighted by Crippen LogP contribution is 2.59. The lowest BCUT2D eigenvalue weighted by atomic mass is 9.51. The molecule has 1 heterocycles. The smallest absolute Gasteiger partial charge is 0.109 e. The van der Waals surface area contributed by atoms with Crippen LogP contribution in [0.15, 0.2) is 24.3 Å². The lowest BCUT2D eigenvalue weighted by Gasteiger charge is -2.54. The maximum absolute atomic E-state index is 5.77. The third-order valence-electron chi connectivity index (χ3n) is 6.81. The fraction of sp³-hybridized carbons (Fsp3) is 0.667. The summed E-state index contributed by atoms with van der Waals surface area (Å²) in [5, 5.41) is 0. The molecule has 23 heavy (non-hydrogen) atoms. The van der Waals surface area contributed by atoms with Gasteiger partial charge in [-0.05, 0) is 66.9 Å². The molecule has 4 aliphatic rings. The van der Waals surface area contributed by atoms with Crippen LogP contribution in [-0.4, -0.2) is 13.2 Å². The van der Waals surface area contributed by atoms with E-state index >= 15 is 0 Å². The van der Waals surface area contributed by atoms with Gasteiger partial charge in [0.2, 0.25) is 0 Å². The zero-order valence-electron chi connectivity index (χ0n) is 14.4. The first-order valence-electron chi connectivity index (χ1n) is 9.41. The van der Waals surface area contributed by atoms with Gasteiger partial charge in [0.1, 0.15) is 12.7 Å². The van der Waals surface area contributed by atoms with Crippen LogP contribution in [0.4, 0.5) is 0 Å². The van der Waals surface area contributed by atoms with Gasteiger partial charge < -0.3 is 9.47 Å². The predicted molar refractivity (Wildman–Crippen MR) is 92.1 cm³/mol. The molecule has 2 heteroatoms. The molecular formula is C21H29O2. The van der Waals surface area contributed by atoms with Crippen LogP contribution in [-0.2, 0) is 14.9 Å². The van der Waals surface area contributed by atoms with Crippen molar-refractivity contribution in [1.29, 1.82) is 0 Å². The summed E-state index contributed by atoms with van der Waals surface area (Å²) in [5.74, 6) is 0. The number of benzene rings is 1. The number of fused-ring (bicyclic) bond motifs is 3. The van der Waals surface area contributed by atoms with Gasteiger partial charge in [-0.25, -0.2) is 0 Å². The molecule has 1 atom stereocenters. The first-order chi connectivity index (χ1) is 11.3.